The number of pyridine rings is 1. The second kappa shape index (κ2) is 8.71. The molecule has 0 radical (unpaired) electrons. The molecule has 3 aromatic rings. The highest BCUT2D eigenvalue weighted by Gasteiger charge is 2.31. The van der Waals surface area contributed by atoms with E-state index in [1.54, 1.807) is 6.07 Å². The zero-order valence-electron chi connectivity index (χ0n) is 16.1. The number of halogens is 4. The molecule has 0 spiro atoms. The van der Waals surface area contributed by atoms with Crippen LogP contribution in [0, 0.1) is 6.92 Å². The number of aromatic amines is 1. The molecule has 1 aliphatic heterocycles. The van der Waals surface area contributed by atoms with Crippen molar-refractivity contribution in [2.75, 3.05) is 26.3 Å². The largest absolute Gasteiger partial charge is 0.416 e. The molecule has 160 valence electrons. The molecule has 1 N–H and O–H groups in total. The number of aromatic nitrogens is 3. The molecule has 1 aliphatic rings. The van der Waals surface area contributed by atoms with Gasteiger partial charge in [0.2, 0.25) is 0 Å². The number of aryl methyl sites for hydroxylation is 1. The Morgan fingerprint density at radius 2 is 1.93 bits per heavy atom. The molecule has 0 atom stereocenters. The van der Waals surface area contributed by atoms with E-state index in [1.807, 2.05) is 13.0 Å². The monoisotopic (exact) mass is 440 g/mol. The van der Waals surface area contributed by atoms with Crippen LogP contribution in [0.15, 0.2) is 35.3 Å². The van der Waals surface area contributed by atoms with Crippen molar-refractivity contribution in [2.45, 2.75) is 19.6 Å². The van der Waals surface area contributed by atoms with E-state index in [2.05, 4.69) is 19.9 Å². The zero-order chi connectivity index (χ0) is 20.6. The van der Waals surface area contributed by atoms with Crippen LogP contribution in [0.25, 0.3) is 22.4 Å². The van der Waals surface area contributed by atoms with Gasteiger partial charge < -0.3 is 9.72 Å². The average molecular weight is 441 g/mol. The van der Waals surface area contributed by atoms with Crippen LogP contribution in [-0.4, -0.2) is 46.2 Å². The van der Waals surface area contributed by atoms with Crippen LogP contribution in [0.2, 0.25) is 0 Å². The molecule has 0 aliphatic carbocycles. The summed E-state index contributed by atoms with van der Waals surface area (Å²) in [5.74, 6) is 0.0117. The molecule has 0 bridgehead atoms. The van der Waals surface area contributed by atoms with Crippen LogP contribution in [0.4, 0.5) is 13.2 Å². The number of nitrogens with zero attached hydrogens (tertiary/aromatic N) is 3. The van der Waals surface area contributed by atoms with Crippen molar-refractivity contribution in [3.63, 3.8) is 0 Å². The summed E-state index contributed by atoms with van der Waals surface area (Å²) >= 11 is 0. The van der Waals surface area contributed by atoms with Gasteiger partial charge >= 0.3 is 6.18 Å². The number of alkyl halides is 3. The summed E-state index contributed by atoms with van der Waals surface area (Å²) in [4.78, 5) is 25.8. The molecule has 2 aromatic heterocycles. The molecule has 4 rings (SSSR count). The lowest BCUT2D eigenvalue weighted by Crippen LogP contribution is -2.35. The van der Waals surface area contributed by atoms with Gasteiger partial charge in [0, 0.05) is 25.8 Å². The smallest absolute Gasteiger partial charge is 0.379 e. The Balaban J connectivity index is 0.00000256. The molecule has 3 heterocycles. The number of morpholine rings is 1. The van der Waals surface area contributed by atoms with E-state index < -0.39 is 17.3 Å². The number of rotatable bonds is 3. The van der Waals surface area contributed by atoms with Gasteiger partial charge in [0.05, 0.1) is 29.7 Å². The second-order valence-corrected chi connectivity index (χ2v) is 7.04. The Morgan fingerprint density at radius 3 is 2.63 bits per heavy atom. The van der Waals surface area contributed by atoms with Crippen LogP contribution in [-0.2, 0) is 17.5 Å². The first-order valence-corrected chi connectivity index (χ1v) is 9.18. The van der Waals surface area contributed by atoms with E-state index in [-0.39, 0.29) is 23.9 Å². The van der Waals surface area contributed by atoms with E-state index in [0.717, 1.165) is 42.5 Å². The van der Waals surface area contributed by atoms with E-state index >= 15 is 0 Å². The number of hydrogen-bond acceptors (Lipinski definition) is 5. The van der Waals surface area contributed by atoms with Gasteiger partial charge in [-0.15, -0.1) is 12.4 Å². The van der Waals surface area contributed by atoms with Gasteiger partial charge in [0.15, 0.2) is 5.82 Å². The first-order valence-electron chi connectivity index (χ1n) is 9.18. The summed E-state index contributed by atoms with van der Waals surface area (Å²) in [6.45, 7) is 5.54. The van der Waals surface area contributed by atoms with Crippen LogP contribution in [0.5, 0.6) is 0 Å². The molecule has 0 unspecified atom stereocenters. The Kier molecular flexibility index (Phi) is 6.44. The van der Waals surface area contributed by atoms with E-state index in [4.69, 9.17) is 4.74 Å². The summed E-state index contributed by atoms with van der Waals surface area (Å²) in [7, 11) is 0. The molecule has 30 heavy (non-hydrogen) atoms. The summed E-state index contributed by atoms with van der Waals surface area (Å²) in [6.07, 6.45) is -3.44. The summed E-state index contributed by atoms with van der Waals surface area (Å²) in [5.41, 5.74) is 0.933. The van der Waals surface area contributed by atoms with Crippen LogP contribution in [0.3, 0.4) is 0 Å². The number of nitrogens with one attached hydrogen (secondary N) is 1. The van der Waals surface area contributed by atoms with Crippen molar-refractivity contribution in [3.05, 3.63) is 57.5 Å². The quantitative estimate of drug-likeness (QED) is 0.674. The summed E-state index contributed by atoms with van der Waals surface area (Å²) in [6, 6.07) is 5.50. The number of hydrogen-bond donors (Lipinski definition) is 1. The molecule has 10 heteroatoms. The number of ether oxygens (including phenoxy) is 1. The molecule has 0 saturated carbocycles. The molecule has 0 amide bonds. The molecular formula is C20H20ClF3N4O2. The lowest BCUT2D eigenvalue weighted by molar-refractivity contribution is -0.137. The third-order valence-corrected chi connectivity index (χ3v) is 4.90. The standard InChI is InChI=1S/C20H19F3N4O2.ClH/c1-12-8-13(11-27-4-6-29-7-5-27)9-15-17(12)25-18(26-19(15)28)16-10-14(2-3-24-16)20(21,22)23;/h2-3,8-10H,4-7,11H2,1H3,(H,25,26,28);1H. The van der Waals surface area contributed by atoms with E-state index in [9.17, 15) is 18.0 Å². The fraction of sp³-hybridized carbons (Fsp3) is 0.350. The van der Waals surface area contributed by atoms with Gasteiger partial charge in [-0.2, -0.15) is 13.2 Å². The van der Waals surface area contributed by atoms with Gasteiger partial charge in [-0.05, 0) is 36.2 Å². The average Bonchev–Trinajstić information content (AvgIpc) is 2.69. The normalized spacial score (nSPS) is 15.2. The summed E-state index contributed by atoms with van der Waals surface area (Å²) < 4.78 is 44.3. The van der Waals surface area contributed by atoms with E-state index in [0.29, 0.717) is 30.7 Å². The highest BCUT2D eigenvalue weighted by Crippen LogP contribution is 2.30. The number of fused-ring (bicyclic) bond motifs is 1. The molecule has 6 nitrogen and oxygen atoms in total. The first-order chi connectivity index (χ1) is 13.8. The lowest BCUT2D eigenvalue weighted by Gasteiger charge is -2.26. The van der Waals surface area contributed by atoms with Gasteiger partial charge in [-0.25, -0.2) is 4.98 Å². The van der Waals surface area contributed by atoms with Crippen molar-refractivity contribution in [3.8, 4) is 11.5 Å². The minimum Gasteiger partial charge on any atom is -0.379 e. The predicted octanol–water partition coefficient (Wildman–Crippen LogP) is 3.57. The van der Waals surface area contributed by atoms with Crippen molar-refractivity contribution >= 4 is 23.3 Å². The van der Waals surface area contributed by atoms with Crippen LogP contribution in [0.1, 0.15) is 16.7 Å². The predicted molar refractivity (Wildman–Crippen MR) is 109 cm³/mol. The highest BCUT2D eigenvalue weighted by atomic mass is 35.5. The van der Waals surface area contributed by atoms with E-state index in [1.165, 1.54) is 0 Å². The van der Waals surface area contributed by atoms with Crippen LogP contribution >= 0.6 is 12.4 Å². The Labute approximate surface area is 176 Å². The maximum Gasteiger partial charge on any atom is 0.416 e. The van der Waals surface area contributed by atoms with Crippen molar-refractivity contribution in [2.24, 2.45) is 0 Å². The second-order valence-electron chi connectivity index (χ2n) is 7.04. The molecule has 1 fully saturated rings. The van der Waals surface area contributed by atoms with Crippen LogP contribution < -0.4 is 5.56 Å². The van der Waals surface area contributed by atoms with Gasteiger partial charge in [0.1, 0.15) is 5.69 Å². The van der Waals surface area contributed by atoms with Gasteiger partial charge in [0.25, 0.3) is 5.56 Å². The highest BCUT2D eigenvalue weighted by molar-refractivity contribution is 5.85. The third-order valence-electron chi connectivity index (χ3n) is 4.90. The summed E-state index contributed by atoms with van der Waals surface area (Å²) in [5, 5.41) is 0.406. The van der Waals surface area contributed by atoms with Gasteiger partial charge in [-0.3, -0.25) is 14.7 Å². The molecule has 1 aromatic carbocycles. The molecular weight excluding hydrogens is 421 g/mol. The lowest BCUT2D eigenvalue weighted by atomic mass is 10.1. The Hall–Kier alpha value is -2.49. The maximum absolute atomic E-state index is 13.0. The first kappa shape index (κ1) is 22.2. The third kappa shape index (κ3) is 4.63. The zero-order valence-corrected chi connectivity index (χ0v) is 16.9. The SMILES string of the molecule is Cc1cc(CN2CCOCC2)cc2c(=O)[nH]c(-c3cc(C(F)(F)F)ccn3)nc12.Cl. The fourth-order valence-corrected chi connectivity index (χ4v) is 3.46. The topological polar surface area (TPSA) is 71.1 Å². The van der Waals surface area contributed by atoms with Crippen molar-refractivity contribution in [1.29, 1.82) is 0 Å². The van der Waals surface area contributed by atoms with Gasteiger partial charge in [-0.1, -0.05) is 6.07 Å². The minimum atomic E-state index is -4.50. The Morgan fingerprint density at radius 1 is 1.20 bits per heavy atom. The van der Waals surface area contributed by atoms with Crippen molar-refractivity contribution in [1.82, 2.24) is 19.9 Å². The maximum atomic E-state index is 13.0. The minimum absolute atomic E-state index is 0. The number of benzene rings is 1. The Bertz CT molecular complexity index is 1110. The van der Waals surface area contributed by atoms with Crippen molar-refractivity contribution < 1.29 is 17.9 Å². The fourth-order valence-electron chi connectivity index (χ4n) is 3.46. The number of H-pyrrole nitrogens is 1. The molecule has 1 saturated heterocycles.